The zero-order valence-corrected chi connectivity index (χ0v) is 36.6. The first-order valence-electron chi connectivity index (χ1n) is 20.9. The van der Waals surface area contributed by atoms with Crippen molar-refractivity contribution < 1.29 is 80.9 Å². The third kappa shape index (κ3) is 12.0. The Balaban J connectivity index is 1.50. The van der Waals surface area contributed by atoms with Gasteiger partial charge in [0.25, 0.3) is 11.8 Å². The van der Waals surface area contributed by atoms with Crippen molar-refractivity contribution in [3.63, 3.8) is 0 Å². The number of hydrogen-bond donors (Lipinski definition) is 1. The number of benzene rings is 3. The topological polar surface area (TPSA) is 227 Å². The number of fused-ring (bicyclic) bond motifs is 1. The Labute approximate surface area is 374 Å². The Morgan fingerprint density at radius 1 is 0.662 bits per heavy atom. The van der Waals surface area contributed by atoms with Crippen molar-refractivity contribution in [2.24, 2.45) is 0 Å². The molecule has 19 nitrogen and oxygen atoms in total. The first-order valence-corrected chi connectivity index (χ1v) is 20.9. The summed E-state index contributed by atoms with van der Waals surface area (Å²) >= 11 is 0. The number of ether oxygens (including phenoxy) is 10. The highest BCUT2D eigenvalue weighted by atomic mass is 16.7. The number of esters is 4. The Bertz CT molecular complexity index is 2140. The number of nitrogens with one attached hydrogen (secondary N) is 1. The first-order chi connectivity index (χ1) is 31.2. The van der Waals surface area contributed by atoms with Crippen LogP contribution in [0.5, 0.6) is 0 Å². The van der Waals surface area contributed by atoms with Gasteiger partial charge in [-0.3, -0.25) is 33.7 Å². The lowest BCUT2D eigenvalue weighted by molar-refractivity contribution is -0.345. The molecule has 0 aliphatic carbocycles. The molecule has 10 unspecified atom stereocenters. The Hall–Kier alpha value is -6.09. The van der Waals surface area contributed by atoms with Gasteiger partial charge in [-0.05, 0) is 30.2 Å². The van der Waals surface area contributed by atoms with E-state index < -0.39 is 116 Å². The number of hydrogen-bond acceptors (Lipinski definition) is 17. The molecule has 2 fully saturated rings. The van der Waals surface area contributed by atoms with Crippen LogP contribution >= 0.6 is 0 Å². The summed E-state index contributed by atoms with van der Waals surface area (Å²) in [6.07, 6.45) is -13.3. The molecule has 348 valence electrons. The minimum atomic E-state index is -1.85. The van der Waals surface area contributed by atoms with E-state index in [4.69, 9.17) is 47.4 Å². The molecule has 3 aromatic carbocycles. The average molecular weight is 905 g/mol. The van der Waals surface area contributed by atoms with Crippen molar-refractivity contribution in [2.75, 3.05) is 20.3 Å². The molecule has 65 heavy (non-hydrogen) atoms. The van der Waals surface area contributed by atoms with E-state index >= 15 is 0 Å². The number of carbonyl (C=O) groups excluding carboxylic acids is 7. The van der Waals surface area contributed by atoms with Gasteiger partial charge in [-0.25, -0.2) is 4.79 Å². The van der Waals surface area contributed by atoms with E-state index in [1.807, 2.05) is 60.7 Å². The summed E-state index contributed by atoms with van der Waals surface area (Å²) in [7, 11) is 1.16. The molecule has 0 aromatic heterocycles. The molecule has 19 heteroatoms. The maximum absolute atomic E-state index is 14.4. The highest BCUT2D eigenvalue weighted by Crippen LogP contribution is 2.38. The molecule has 2 saturated heterocycles. The van der Waals surface area contributed by atoms with Gasteiger partial charge in [-0.1, -0.05) is 72.8 Å². The summed E-state index contributed by atoms with van der Waals surface area (Å²) in [4.78, 5) is 93.5. The smallest absolute Gasteiger partial charge is 0.334 e. The summed E-state index contributed by atoms with van der Waals surface area (Å²) in [5, 5.41) is 2.82. The zero-order valence-electron chi connectivity index (χ0n) is 36.6. The van der Waals surface area contributed by atoms with Crippen LogP contribution in [0.25, 0.3) is 0 Å². The molecular formula is C46H52N2O17. The quantitative estimate of drug-likeness (QED) is 0.110. The van der Waals surface area contributed by atoms with Crippen molar-refractivity contribution in [3.05, 3.63) is 107 Å². The number of nitrogens with zero attached hydrogens (tertiary/aromatic N) is 1. The van der Waals surface area contributed by atoms with E-state index in [2.05, 4.69) is 5.32 Å². The molecule has 3 amide bonds. The largest absolute Gasteiger partial charge is 0.467 e. The van der Waals surface area contributed by atoms with Gasteiger partial charge in [0.15, 0.2) is 30.9 Å². The maximum atomic E-state index is 14.4. The minimum Gasteiger partial charge on any atom is -0.467 e. The third-order valence-electron chi connectivity index (χ3n) is 10.6. The van der Waals surface area contributed by atoms with E-state index in [1.165, 1.54) is 26.0 Å². The highest BCUT2D eigenvalue weighted by molar-refractivity contribution is 6.21. The van der Waals surface area contributed by atoms with E-state index in [0.29, 0.717) is 0 Å². The normalized spacial score (nSPS) is 26.6. The molecular weight excluding hydrogens is 853 g/mol. The van der Waals surface area contributed by atoms with Gasteiger partial charge in [0.2, 0.25) is 5.91 Å². The van der Waals surface area contributed by atoms with Gasteiger partial charge in [0, 0.05) is 27.7 Å². The summed E-state index contributed by atoms with van der Waals surface area (Å²) in [5.74, 6) is -5.54. The van der Waals surface area contributed by atoms with Crippen LogP contribution in [0.1, 0.15) is 66.5 Å². The van der Waals surface area contributed by atoms with Gasteiger partial charge in [0.05, 0.1) is 38.1 Å². The predicted molar refractivity (Wildman–Crippen MR) is 222 cm³/mol. The van der Waals surface area contributed by atoms with Crippen LogP contribution in [-0.2, 0) is 84.6 Å². The van der Waals surface area contributed by atoms with E-state index in [-0.39, 0.29) is 30.9 Å². The van der Waals surface area contributed by atoms with Crippen LogP contribution in [0.4, 0.5) is 0 Å². The lowest BCUT2D eigenvalue weighted by Gasteiger charge is -2.51. The van der Waals surface area contributed by atoms with Crippen molar-refractivity contribution in [1.29, 1.82) is 0 Å². The molecule has 0 radical (unpaired) electrons. The first kappa shape index (κ1) is 48.4. The van der Waals surface area contributed by atoms with Crippen LogP contribution in [-0.4, -0.2) is 134 Å². The Kier molecular flexibility index (Phi) is 16.5. The van der Waals surface area contributed by atoms with Gasteiger partial charge in [0.1, 0.15) is 43.1 Å². The van der Waals surface area contributed by atoms with Crippen molar-refractivity contribution in [1.82, 2.24) is 10.2 Å². The molecule has 3 heterocycles. The van der Waals surface area contributed by atoms with Crippen LogP contribution < -0.4 is 5.32 Å². The second-order valence-corrected chi connectivity index (χ2v) is 15.4. The van der Waals surface area contributed by atoms with Crippen LogP contribution in [0.15, 0.2) is 84.9 Å². The molecule has 1 N–H and O–H groups in total. The van der Waals surface area contributed by atoms with Crippen molar-refractivity contribution in [3.8, 4) is 0 Å². The lowest BCUT2D eigenvalue weighted by Crippen LogP contribution is -2.71. The van der Waals surface area contributed by atoms with E-state index in [0.717, 1.165) is 43.9 Å². The molecule has 3 aliphatic rings. The lowest BCUT2D eigenvalue weighted by atomic mass is 9.93. The van der Waals surface area contributed by atoms with Crippen LogP contribution in [0.3, 0.4) is 0 Å². The average Bonchev–Trinajstić information content (AvgIpc) is 3.52. The highest BCUT2D eigenvalue weighted by Gasteiger charge is 2.60. The Morgan fingerprint density at radius 2 is 1.20 bits per heavy atom. The second-order valence-electron chi connectivity index (χ2n) is 15.4. The fourth-order valence-electron chi connectivity index (χ4n) is 7.87. The molecule has 0 bridgehead atoms. The molecule has 0 saturated carbocycles. The maximum Gasteiger partial charge on any atom is 0.334 e. The number of methoxy groups -OCH3 is 1. The van der Waals surface area contributed by atoms with E-state index in [9.17, 15) is 33.6 Å². The predicted octanol–water partition coefficient (Wildman–Crippen LogP) is 2.80. The molecule has 3 aliphatic heterocycles. The van der Waals surface area contributed by atoms with E-state index in [1.54, 1.807) is 12.1 Å². The van der Waals surface area contributed by atoms with Crippen molar-refractivity contribution in [2.45, 2.75) is 115 Å². The number of carbonyl (C=O) groups is 7. The van der Waals surface area contributed by atoms with Gasteiger partial charge >= 0.3 is 23.9 Å². The second kappa shape index (κ2) is 22.2. The standard InChI is InChI=1S/C46H52N2O17/c1-25(44(55)56-6)60-40-36(47-26(2)49)45(59-22-31-17-11-8-12-18-31)63-34(23-57-21-30-15-9-7-10-16-30)38(40)65-46-37(48-42(53)32-19-13-14-20-33(32)43(48)54)41(62-29(5)52)39(61-28(4)51)35(64-46)24-58-27(3)50/h7-20,25,34-41,45-46H,21-24H2,1-6H3,(H,47,49)/t25-,34?,35?,36?,37?,38?,39?,40?,41?,45?,46?/m1/s1. The van der Waals surface area contributed by atoms with Gasteiger partial charge < -0.3 is 52.7 Å². The van der Waals surface area contributed by atoms with Crippen LogP contribution in [0, 0.1) is 0 Å². The summed E-state index contributed by atoms with van der Waals surface area (Å²) < 4.78 is 60.9. The summed E-state index contributed by atoms with van der Waals surface area (Å²) in [6.45, 7) is 5.18. The Morgan fingerprint density at radius 3 is 1.75 bits per heavy atom. The monoisotopic (exact) mass is 904 g/mol. The number of imide groups is 1. The fraction of sp³-hybridized carbons (Fsp3) is 0.457. The molecule has 6 rings (SSSR count). The van der Waals surface area contributed by atoms with Gasteiger partial charge in [-0.15, -0.1) is 0 Å². The minimum absolute atomic E-state index is 0.00301. The van der Waals surface area contributed by atoms with Crippen LogP contribution in [0.2, 0.25) is 0 Å². The van der Waals surface area contributed by atoms with Gasteiger partial charge in [-0.2, -0.15) is 0 Å². The fourth-order valence-corrected chi connectivity index (χ4v) is 7.87. The molecule has 3 aromatic rings. The molecule has 0 spiro atoms. The summed E-state index contributed by atoms with van der Waals surface area (Å²) in [6, 6.07) is 21.3. The van der Waals surface area contributed by atoms with Crippen molar-refractivity contribution >= 4 is 41.6 Å². The molecule has 11 atom stereocenters. The third-order valence-corrected chi connectivity index (χ3v) is 10.6. The summed E-state index contributed by atoms with van der Waals surface area (Å²) in [5.41, 5.74) is 1.57. The number of rotatable bonds is 18. The zero-order chi connectivity index (χ0) is 46.8. The number of amides is 3. The SMILES string of the molecule is COC(=O)[C@@H](C)OC1C(NC(C)=O)C(OCc2ccccc2)OC(COCc2ccccc2)C1OC1OC(COC(C)=O)C(OC(C)=O)C(OC(C)=O)C1N1C(=O)c2ccccc2C1=O.